The number of alkyl halides is 3. The number of pyridine rings is 1. The molecular formula is C24H22F3N5O2. The molecule has 2 N–H and O–H groups in total. The Morgan fingerprint density at radius 3 is 2.62 bits per heavy atom. The molecule has 0 saturated carbocycles. The number of aliphatic imine (C=N–C) groups is 2. The molecule has 0 fully saturated rings. The number of ether oxygens (including phenoxy) is 1. The first-order chi connectivity index (χ1) is 16.2. The van der Waals surface area contributed by atoms with Crippen LogP contribution in [0.25, 0.3) is 10.9 Å². The second-order valence-corrected chi connectivity index (χ2v) is 7.04. The fourth-order valence-corrected chi connectivity index (χ4v) is 3.09. The Labute approximate surface area is 194 Å². The van der Waals surface area contributed by atoms with Crippen LogP contribution in [0, 0.1) is 0 Å². The molecule has 1 amide bonds. The van der Waals surface area contributed by atoms with Gasteiger partial charge in [-0.25, -0.2) is 4.98 Å². The number of nitrogens with one attached hydrogen (secondary N) is 2. The van der Waals surface area contributed by atoms with Gasteiger partial charge in [0.25, 0.3) is 5.91 Å². The van der Waals surface area contributed by atoms with Crippen molar-refractivity contribution in [1.82, 2.24) is 10.3 Å². The van der Waals surface area contributed by atoms with E-state index in [9.17, 15) is 18.0 Å². The van der Waals surface area contributed by atoms with E-state index in [1.807, 2.05) is 0 Å². The first-order valence-electron chi connectivity index (χ1n) is 10.1. The zero-order chi connectivity index (χ0) is 24.7. The van der Waals surface area contributed by atoms with Gasteiger partial charge in [0.1, 0.15) is 0 Å². The number of fused-ring (bicyclic) bond motifs is 1. The number of carbonyl (C=O) groups is 1. The summed E-state index contributed by atoms with van der Waals surface area (Å²) in [5.74, 6) is -0.0523. The van der Waals surface area contributed by atoms with Gasteiger partial charge in [-0.2, -0.15) is 13.2 Å². The summed E-state index contributed by atoms with van der Waals surface area (Å²) >= 11 is 0. The summed E-state index contributed by atoms with van der Waals surface area (Å²) in [6, 6.07) is 12.6. The van der Waals surface area contributed by atoms with Crippen molar-refractivity contribution >= 4 is 35.1 Å². The van der Waals surface area contributed by atoms with Gasteiger partial charge >= 0.3 is 6.18 Å². The fraction of sp³-hybridized carbons (Fsp3) is 0.167. The normalized spacial score (nSPS) is 12.5. The molecule has 1 aromatic heterocycles. The molecule has 3 rings (SSSR count). The molecule has 0 radical (unpaired) electrons. The van der Waals surface area contributed by atoms with E-state index >= 15 is 0 Å². The number of carbonyl (C=O) groups excluding carboxylic acids is 1. The minimum atomic E-state index is -4.51. The first-order valence-corrected chi connectivity index (χ1v) is 10.1. The van der Waals surface area contributed by atoms with Gasteiger partial charge in [0.15, 0.2) is 0 Å². The van der Waals surface area contributed by atoms with Crippen LogP contribution in [0.1, 0.15) is 15.9 Å². The topological polar surface area (TPSA) is 88.0 Å². The van der Waals surface area contributed by atoms with Crippen LogP contribution < -0.4 is 15.4 Å². The number of anilines is 1. The zero-order valence-corrected chi connectivity index (χ0v) is 18.5. The molecule has 34 heavy (non-hydrogen) atoms. The van der Waals surface area contributed by atoms with E-state index in [2.05, 4.69) is 32.3 Å². The highest BCUT2D eigenvalue weighted by Crippen LogP contribution is 2.31. The van der Waals surface area contributed by atoms with Gasteiger partial charge in [0.05, 0.1) is 16.8 Å². The lowest BCUT2D eigenvalue weighted by Crippen LogP contribution is -2.14. The van der Waals surface area contributed by atoms with Gasteiger partial charge in [-0.05, 0) is 50.2 Å². The van der Waals surface area contributed by atoms with Gasteiger partial charge in [0, 0.05) is 42.4 Å². The van der Waals surface area contributed by atoms with E-state index in [1.165, 1.54) is 12.1 Å². The van der Waals surface area contributed by atoms with Gasteiger partial charge < -0.3 is 15.4 Å². The molecule has 0 bridgehead atoms. The molecule has 1 heterocycles. The summed E-state index contributed by atoms with van der Waals surface area (Å²) in [6.45, 7) is 3.98. The monoisotopic (exact) mass is 469 g/mol. The third-order valence-electron chi connectivity index (χ3n) is 4.68. The largest absolute Gasteiger partial charge is 0.421 e. The molecule has 0 saturated heterocycles. The van der Waals surface area contributed by atoms with Crippen LogP contribution in [0.4, 0.5) is 18.9 Å². The molecule has 0 aliphatic carbocycles. The van der Waals surface area contributed by atoms with Gasteiger partial charge in [0.2, 0.25) is 11.8 Å². The summed E-state index contributed by atoms with van der Waals surface area (Å²) in [6.07, 6.45) is -2.89. The Bertz CT molecular complexity index is 1270. The fourth-order valence-electron chi connectivity index (χ4n) is 3.09. The molecule has 10 heteroatoms. The minimum Gasteiger partial charge on any atom is -0.421 e. The highest BCUT2D eigenvalue weighted by molar-refractivity contribution is 6.12. The van der Waals surface area contributed by atoms with Crippen molar-refractivity contribution < 1.29 is 22.7 Å². The van der Waals surface area contributed by atoms with Crippen molar-refractivity contribution in [2.75, 3.05) is 26.0 Å². The maximum absolute atomic E-state index is 13.0. The van der Waals surface area contributed by atoms with Gasteiger partial charge in [-0.1, -0.05) is 12.1 Å². The Morgan fingerprint density at radius 2 is 1.94 bits per heavy atom. The molecule has 0 aliphatic rings. The number of rotatable bonds is 7. The summed E-state index contributed by atoms with van der Waals surface area (Å²) in [7, 11) is 3.33. The highest BCUT2D eigenvalue weighted by atomic mass is 19.4. The van der Waals surface area contributed by atoms with E-state index in [-0.39, 0.29) is 23.0 Å². The lowest BCUT2D eigenvalue weighted by molar-refractivity contribution is -0.137. The lowest BCUT2D eigenvalue weighted by Gasteiger charge is -2.11. The van der Waals surface area contributed by atoms with Crippen molar-refractivity contribution in [1.29, 1.82) is 0 Å². The molecule has 3 aromatic rings. The van der Waals surface area contributed by atoms with E-state index < -0.39 is 17.6 Å². The quantitative estimate of drug-likeness (QED) is 0.387. The molecule has 2 aromatic carbocycles. The van der Waals surface area contributed by atoms with Crippen LogP contribution in [0.2, 0.25) is 0 Å². The second kappa shape index (κ2) is 10.7. The molecule has 0 aliphatic heterocycles. The number of nitrogens with zero attached hydrogens (tertiary/aromatic N) is 3. The standard InChI is InChI=1S/C24H22F3N5O2/c1-28-14-17(29-2)13-22(30-3)34-21-11-10-18-19(8-5-9-20(18)32-21)23(33)31-16-7-4-6-15(12-16)24(25,26)27/h4-13,28H,2,14H2,1,3H3,(H,31,33)/b17-13-,30-22?. The number of amides is 1. The Morgan fingerprint density at radius 1 is 1.18 bits per heavy atom. The van der Waals surface area contributed by atoms with Crippen LogP contribution in [-0.4, -0.2) is 44.1 Å². The van der Waals surface area contributed by atoms with E-state index in [4.69, 9.17) is 4.74 Å². The van der Waals surface area contributed by atoms with E-state index in [1.54, 1.807) is 50.5 Å². The Hall–Kier alpha value is -4.05. The SMILES string of the molecule is C=N/C(=C\C(=NC)Oc1ccc2c(C(=O)Nc3cccc(C(F)(F)F)c3)cccc2n1)CNC. The summed E-state index contributed by atoms with van der Waals surface area (Å²) in [4.78, 5) is 25.2. The van der Waals surface area contributed by atoms with E-state index in [0.29, 0.717) is 23.1 Å². The average Bonchev–Trinajstić information content (AvgIpc) is 2.82. The first kappa shape index (κ1) is 24.6. The molecule has 7 nitrogen and oxygen atoms in total. The van der Waals surface area contributed by atoms with Crippen molar-refractivity contribution in [3.05, 3.63) is 77.5 Å². The van der Waals surface area contributed by atoms with Crippen LogP contribution >= 0.6 is 0 Å². The van der Waals surface area contributed by atoms with Crippen LogP contribution in [0.5, 0.6) is 5.88 Å². The highest BCUT2D eigenvalue weighted by Gasteiger charge is 2.30. The predicted molar refractivity (Wildman–Crippen MR) is 127 cm³/mol. The summed E-state index contributed by atoms with van der Waals surface area (Å²) in [5, 5.41) is 5.98. The van der Waals surface area contributed by atoms with E-state index in [0.717, 1.165) is 12.1 Å². The number of halogens is 3. The predicted octanol–water partition coefficient (Wildman–Crippen LogP) is 4.72. The molecule has 0 spiro atoms. The average molecular weight is 469 g/mol. The molecular weight excluding hydrogens is 447 g/mol. The smallest absolute Gasteiger partial charge is 0.416 e. The van der Waals surface area contributed by atoms with Gasteiger partial charge in [-0.15, -0.1) is 0 Å². The maximum atomic E-state index is 13.0. The van der Waals surface area contributed by atoms with Crippen LogP contribution in [0.15, 0.2) is 76.4 Å². The van der Waals surface area contributed by atoms with Crippen LogP contribution in [-0.2, 0) is 6.18 Å². The maximum Gasteiger partial charge on any atom is 0.416 e. The van der Waals surface area contributed by atoms with Crippen LogP contribution in [0.3, 0.4) is 0 Å². The molecule has 176 valence electrons. The third kappa shape index (κ3) is 6.04. The summed E-state index contributed by atoms with van der Waals surface area (Å²) in [5.41, 5.74) is 0.529. The Balaban J connectivity index is 1.85. The molecule has 0 unspecified atom stereocenters. The summed E-state index contributed by atoms with van der Waals surface area (Å²) < 4.78 is 44.6. The van der Waals surface area contributed by atoms with Crippen molar-refractivity contribution in [3.63, 3.8) is 0 Å². The number of likely N-dealkylation sites (N-methyl/N-ethyl adjacent to an activating group) is 1. The molecule has 0 atom stereocenters. The Kier molecular flexibility index (Phi) is 7.75. The zero-order valence-electron chi connectivity index (χ0n) is 18.5. The minimum absolute atomic E-state index is 0.0357. The lowest BCUT2D eigenvalue weighted by atomic mass is 10.1. The number of aromatic nitrogens is 1. The van der Waals surface area contributed by atoms with Gasteiger partial charge in [-0.3, -0.25) is 14.8 Å². The van der Waals surface area contributed by atoms with Crippen molar-refractivity contribution in [3.8, 4) is 5.88 Å². The van der Waals surface area contributed by atoms with Crippen molar-refractivity contribution in [2.24, 2.45) is 9.98 Å². The number of hydrogen-bond acceptors (Lipinski definition) is 6. The third-order valence-corrected chi connectivity index (χ3v) is 4.68. The number of benzene rings is 2. The number of hydrogen-bond donors (Lipinski definition) is 2. The second-order valence-electron chi connectivity index (χ2n) is 7.04. The van der Waals surface area contributed by atoms with Crippen molar-refractivity contribution in [2.45, 2.75) is 6.18 Å².